The molecule has 3 amide bonds. The van der Waals surface area contributed by atoms with Crippen molar-refractivity contribution >= 4 is 69.8 Å². The standard InChI is InChI=1S/C44H53F2N4O10PS2/c1-27(2)60-42(55)57-26-59-61(56,58-19-20-62-41(54)43(3,4)5)44(45,46)31-15-18-36-29(21-31)22-37(63-36)38(51)48-34-14-10-9-13-32-16-17-35(50(32)39(34)52)40(53)49-24-30(23-47)33(25-49)28-11-7-6-8-12-28/h6-8,11-12,15,18,21-22,27,30,32-35H,9-10,13-14,16-17,19-20,24-26H2,1-5H3,(H,48,51)/t30-,32+,33+,34+,35+,61?/m1/s1. The summed E-state index contributed by atoms with van der Waals surface area (Å²) in [6, 6.07) is 14.9. The van der Waals surface area contributed by atoms with E-state index in [1.54, 1.807) is 44.4 Å². The third-order valence-corrected chi connectivity index (χ3v) is 15.6. The number of halogens is 2. The van der Waals surface area contributed by atoms with Crippen molar-refractivity contribution in [1.29, 1.82) is 5.26 Å². The average Bonchev–Trinajstić information content (AvgIpc) is 3.99. The van der Waals surface area contributed by atoms with Crippen molar-refractivity contribution in [3.63, 3.8) is 0 Å². The molecule has 1 N–H and O–H groups in total. The maximum absolute atomic E-state index is 16.3. The summed E-state index contributed by atoms with van der Waals surface area (Å²) < 4.78 is 66.8. The maximum atomic E-state index is 16.3. The first-order valence-electron chi connectivity index (χ1n) is 21.0. The Balaban J connectivity index is 1.16. The Morgan fingerprint density at radius 1 is 1.00 bits per heavy atom. The van der Waals surface area contributed by atoms with E-state index in [4.69, 9.17) is 18.5 Å². The number of amides is 3. The van der Waals surface area contributed by atoms with Crippen molar-refractivity contribution < 1.29 is 55.8 Å². The highest BCUT2D eigenvalue weighted by Crippen LogP contribution is 2.67. The Bertz CT molecular complexity index is 2270. The Kier molecular flexibility index (Phi) is 15.4. The van der Waals surface area contributed by atoms with Gasteiger partial charge in [0, 0.05) is 46.5 Å². The highest BCUT2D eigenvalue weighted by atomic mass is 32.2. The molecular weight excluding hydrogens is 878 g/mol. The number of likely N-dealkylation sites (tertiary alicyclic amines) is 1. The Labute approximate surface area is 373 Å². The zero-order valence-corrected chi connectivity index (χ0v) is 38.4. The molecule has 3 fully saturated rings. The third kappa shape index (κ3) is 11.1. The van der Waals surface area contributed by atoms with E-state index in [1.807, 2.05) is 30.3 Å². The number of rotatable bonds is 14. The van der Waals surface area contributed by atoms with Gasteiger partial charge in [-0.2, -0.15) is 14.0 Å². The second-order valence-corrected chi connectivity index (χ2v) is 21.5. The van der Waals surface area contributed by atoms with Gasteiger partial charge in [-0.05, 0) is 68.7 Å². The van der Waals surface area contributed by atoms with Crippen LogP contribution in [0.3, 0.4) is 0 Å². The van der Waals surface area contributed by atoms with Crippen LogP contribution in [0.25, 0.3) is 10.1 Å². The van der Waals surface area contributed by atoms with Crippen LogP contribution in [0.15, 0.2) is 54.6 Å². The second kappa shape index (κ2) is 20.2. The minimum Gasteiger partial charge on any atom is -0.432 e. The molecule has 3 aliphatic heterocycles. The molecule has 0 bridgehead atoms. The van der Waals surface area contributed by atoms with Gasteiger partial charge in [-0.25, -0.2) is 4.79 Å². The van der Waals surface area contributed by atoms with Crippen molar-refractivity contribution in [2.24, 2.45) is 11.3 Å². The third-order valence-electron chi connectivity index (χ3n) is 11.3. The number of carbonyl (C=O) groups excluding carboxylic acids is 5. The minimum absolute atomic E-state index is 0.118. The Morgan fingerprint density at radius 3 is 2.43 bits per heavy atom. The van der Waals surface area contributed by atoms with E-state index >= 15 is 8.78 Å². The smallest absolute Gasteiger partial charge is 0.432 e. The van der Waals surface area contributed by atoms with Crippen molar-refractivity contribution in [3.05, 3.63) is 70.6 Å². The average molecular weight is 931 g/mol. The van der Waals surface area contributed by atoms with Gasteiger partial charge in [0.05, 0.1) is 29.6 Å². The summed E-state index contributed by atoms with van der Waals surface area (Å²) in [5, 5.41) is 12.8. The first-order valence-corrected chi connectivity index (χ1v) is 24.4. The van der Waals surface area contributed by atoms with Crippen molar-refractivity contribution in [2.45, 2.75) is 109 Å². The molecule has 1 unspecified atom stereocenters. The highest BCUT2D eigenvalue weighted by Gasteiger charge is 2.56. The molecule has 1 aromatic heterocycles. The summed E-state index contributed by atoms with van der Waals surface area (Å²) in [6.45, 7) is 7.04. The number of carbonyl (C=O) groups is 5. The second-order valence-electron chi connectivity index (χ2n) is 17.2. The number of thioether (sulfide) groups is 1. The predicted molar refractivity (Wildman–Crippen MR) is 233 cm³/mol. The molecule has 0 radical (unpaired) electrons. The van der Waals surface area contributed by atoms with Crippen molar-refractivity contribution in [1.82, 2.24) is 15.1 Å². The van der Waals surface area contributed by atoms with E-state index in [0.717, 1.165) is 53.6 Å². The number of alkyl halides is 2. The number of fused-ring (bicyclic) bond motifs is 2. The predicted octanol–water partition coefficient (Wildman–Crippen LogP) is 8.80. The van der Waals surface area contributed by atoms with Crippen LogP contribution in [0, 0.1) is 22.7 Å². The van der Waals surface area contributed by atoms with Gasteiger partial charge >= 0.3 is 19.4 Å². The van der Waals surface area contributed by atoms with Crippen LogP contribution in [0.2, 0.25) is 0 Å². The molecule has 14 nitrogen and oxygen atoms in total. The van der Waals surface area contributed by atoms with E-state index in [2.05, 4.69) is 11.4 Å². The van der Waals surface area contributed by atoms with Crippen molar-refractivity contribution in [2.75, 3.05) is 32.2 Å². The lowest BCUT2D eigenvalue weighted by Crippen LogP contribution is -2.56. The topological polar surface area (TPSA) is 182 Å². The minimum atomic E-state index is -5.47. The Morgan fingerprint density at radius 2 is 1.73 bits per heavy atom. The number of hydrogen-bond donors (Lipinski definition) is 1. The van der Waals surface area contributed by atoms with Crippen LogP contribution >= 0.6 is 30.7 Å². The van der Waals surface area contributed by atoms with Gasteiger partial charge < -0.3 is 29.1 Å². The van der Waals surface area contributed by atoms with Crippen LogP contribution in [0.4, 0.5) is 13.6 Å². The number of nitrogens with one attached hydrogen (secondary N) is 1. The van der Waals surface area contributed by atoms with Crippen LogP contribution in [0.1, 0.15) is 99.9 Å². The van der Waals surface area contributed by atoms with E-state index in [9.17, 15) is 33.8 Å². The molecule has 340 valence electrons. The zero-order valence-electron chi connectivity index (χ0n) is 35.9. The van der Waals surface area contributed by atoms with E-state index in [0.29, 0.717) is 36.9 Å². The van der Waals surface area contributed by atoms with Crippen LogP contribution < -0.4 is 5.32 Å². The number of thiophene rings is 1. The first-order chi connectivity index (χ1) is 29.8. The molecule has 0 aliphatic carbocycles. The molecule has 4 heterocycles. The fraction of sp³-hybridized carbons (Fsp3) is 0.545. The largest absolute Gasteiger partial charge is 0.510 e. The normalized spacial score (nSPS) is 22.8. The molecule has 3 saturated heterocycles. The van der Waals surface area contributed by atoms with Gasteiger partial charge in [0.25, 0.3) is 5.91 Å². The van der Waals surface area contributed by atoms with E-state index in [-0.39, 0.29) is 57.4 Å². The van der Waals surface area contributed by atoms with E-state index < -0.39 is 67.9 Å². The molecule has 6 rings (SSSR count). The summed E-state index contributed by atoms with van der Waals surface area (Å²) in [5.41, 5.74) is -4.81. The lowest BCUT2D eigenvalue weighted by atomic mass is 9.90. The molecule has 6 atom stereocenters. The highest BCUT2D eigenvalue weighted by molar-refractivity contribution is 8.13. The van der Waals surface area contributed by atoms with E-state index in [1.165, 1.54) is 12.1 Å². The molecule has 19 heteroatoms. The fourth-order valence-electron chi connectivity index (χ4n) is 8.08. The van der Waals surface area contributed by atoms with Gasteiger partial charge in [-0.15, -0.1) is 11.3 Å². The first kappa shape index (κ1) is 48.1. The number of hydrogen-bond acceptors (Lipinski definition) is 13. The maximum Gasteiger partial charge on any atom is 0.510 e. The monoisotopic (exact) mass is 930 g/mol. The molecule has 63 heavy (non-hydrogen) atoms. The summed E-state index contributed by atoms with van der Waals surface area (Å²) in [6.07, 6.45) is 1.80. The summed E-state index contributed by atoms with van der Waals surface area (Å²) in [5.74, 6) is -1.82. The molecule has 3 aromatic rings. The van der Waals surface area contributed by atoms with Gasteiger partial charge in [-0.1, -0.05) is 81.8 Å². The number of nitriles is 1. The van der Waals surface area contributed by atoms with Gasteiger partial charge in [0.15, 0.2) is 5.12 Å². The van der Waals surface area contributed by atoms with Crippen LogP contribution in [-0.4, -0.2) is 95.3 Å². The molecule has 0 saturated carbocycles. The Hall–Kier alpha value is -4.40. The van der Waals surface area contributed by atoms with Crippen molar-refractivity contribution in [3.8, 4) is 6.07 Å². The van der Waals surface area contributed by atoms with Crippen LogP contribution in [-0.2, 0) is 43.1 Å². The summed E-state index contributed by atoms with van der Waals surface area (Å²) in [4.78, 5) is 70.1. The zero-order chi connectivity index (χ0) is 45.7. The fourth-order valence-corrected chi connectivity index (χ4v) is 11.3. The number of benzene rings is 2. The quantitative estimate of drug-likeness (QED) is 0.0703. The number of ether oxygens (including phenoxy) is 2. The lowest BCUT2D eigenvalue weighted by Gasteiger charge is -2.36. The van der Waals surface area contributed by atoms with Crippen LogP contribution in [0.5, 0.6) is 0 Å². The summed E-state index contributed by atoms with van der Waals surface area (Å²) in [7, 11) is -5.47. The molecule has 2 aromatic carbocycles. The van der Waals surface area contributed by atoms with Gasteiger partial charge in [-0.3, -0.25) is 28.3 Å². The summed E-state index contributed by atoms with van der Waals surface area (Å²) >= 11 is 1.83. The lowest BCUT2D eigenvalue weighted by molar-refractivity contribution is -0.146. The molecular formula is C44H53F2N4O10PS2. The molecule has 0 spiro atoms. The SMILES string of the molecule is CC(C)OC(=O)OCOP(=O)(OCCSC(=O)C(C)(C)C)C(F)(F)c1ccc2sc(C(=O)N[C@H]3CCCC[C@H]4CC[C@@H](C(=O)N5C[C@@H](C#N)[C@H](c6ccccc6)C5)N4C3=O)cc2c1. The number of nitrogens with zero attached hydrogens (tertiary/aromatic N) is 3. The van der Waals surface area contributed by atoms with Gasteiger partial charge in [0.1, 0.15) is 12.1 Å². The van der Waals surface area contributed by atoms with Gasteiger partial charge in [0.2, 0.25) is 18.6 Å². The molecule has 3 aliphatic rings.